The SMILES string of the molecule is C#C[C@H](COC)NC(=O)CN(C)c1ncnc2nc[nH]c12. The highest BCUT2D eigenvalue weighted by Gasteiger charge is 2.15. The minimum Gasteiger partial charge on any atom is -0.382 e. The number of amides is 1. The number of terminal acetylenes is 1. The highest BCUT2D eigenvalue weighted by Crippen LogP contribution is 2.17. The number of likely N-dealkylation sites (N-methyl/N-ethyl adjacent to an activating group) is 1. The molecule has 2 rings (SSSR count). The number of aromatic nitrogens is 4. The lowest BCUT2D eigenvalue weighted by Crippen LogP contribution is -2.42. The lowest BCUT2D eigenvalue weighted by molar-refractivity contribution is -0.120. The maximum atomic E-state index is 12.0. The van der Waals surface area contributed by atoms with Crippen LogP contribution < -0.4 is 10.2 Å². The molecule has 2 N–H and O–H groups in total. The van der Waals surface area contributed by atoms with Crippen LogP contribution in [0.15, 0.2) is 12.7 Å². The number of methoxy groups -OCH3 is 1. The van der Waals surface area contributed by atoms with Crippen LogP contribution in [0.2, 0.25) is 0 Å². The number of nitrogens with one attached hydrogen (secondary N) is 2. The van der Waals surface area contributed by atoms with Crippen molar-refractivity contribution in [3.8, 4) is 12.3 Å². The Morgan fingerprint density at radius 3 is 3.10 bits per heavy atom. The Hall–Kier alpha value is -2.66. The first-order valence-corrected chi connectivity index (χ1v) is 6.25. The fourth-order valence-corrected chi connectivity index (χ4v) is 1.87. The molecule has 0 radical (unpaired) electrons. The fraction of sp³-hybridized carbons (Fsp3) is 0.385. The van der Waals surface area contributed by atoms with Crippen molar-refractivity contribution in [2.24, 2.45) is 0 Å². The smallest absolute Gasteiger partial charge is 0.240 e. The largest absolute Gasteiger partial charge is 0.382 e. The normalized spacial score (nSPS) is 11.9. The first-order chi connectivity index (χ1) is 10.2. The lowest BCUT2D eigenvalue weighted by atomic mass is 10.3. The van der Waals surface area contributed by atoms with Crippen LogP contribution in [0.4, 0.5) is 5.82 Å². The average Bonchev–Trinajstić information content (AvgIpc) is 2.94. The molecule has 0 aliphatic heterocycles. The van der Waals surface area contributed by atoms with Gasteiger partial charge in [0.15, 0.2) is 11.5 Å². The zero-order valence-corrected chi connectivity index (χ0v) is 11.8. The molecular weight excluding hydrogens is 272 g/mol. The second kappa shape index (κ2) is 6.67. The van der Waals surface area contributed by atoms with Gasteiger partial charge in [-0.15, -0.1) is 6.42 Å². The third-order valence-electron chi connectivity index (χ3n) is 2.82. The molecule has 21 heavy (non-hydrogen) atoms. The summed E-state index contributed by atoms with van der Waals surface area (Å²) in [5.74, 6) is 2.83. The van der Waals surface area contributed by atoms with E-state index >= 15 is 0 Å². The second-order valence-corrected chi connectivity index (χ2v) is 4.40. The lowest BCUT2D eigenvalue weighted by Gasteiger charge is -2.19. The van der Waals surface area contributed by atoms with Crippen LogP contribution in [0.3, 0.4) is 0 Å². The number of carbonyl (C=O) groups excluding carboxylic acids is 1. The van der Waals surface area contributed by atoms with Crippen molar-refractivity contribution in [3.05, 3.63) is 12.7 Å². The minimum absolute atomic E-state index is 0.104. The summed E-state index contributed by atoms with van der Waals surface area (Å²) in [4.78, 5) is 28.9. The van der Waals surface area contributed by atoms with Crippen molar-refractivity contribution in [3.63, 3.8) is 0 Å². The summed E-state index contributed by atoms with van der Waals surface area (Å²) in [6, 6.07) is -0.450. The highest BCUT2D eigenvalue weighted by molar-refractivity contribution is 5.87. The molecule has 0 aliphatic carbocycles. The number of anilines is 1. The number of ether oxygens (including phenoxy) is 1. The molecule has 0 aromatic carbocycles. The number of nitrogens with zero attached hydrogens (tertiary/aromatic N) is 4. The van der Waals surface area contributed by atoms with Crippen LogP contribution in [-0.2, 0) is 9.53 Å². The van der Waals surface area contributed by atoms with E-state index in [2.05, 4.69) is 31.2 Å². The molecular formula is C13H16N6O2. The topological polar surface area (TPSA) is 96.0 Å². The summed E-state index contributed by atoms with van der Waals surface area (Å²) in [7, 11) is 3.28. The Labute approximate surface area is 121 Å². The minimum atomic E-state index is -0.450. The number of aromatic amines is 1. The van der Waals surface area contributed by atoms with Gasteiger partial charge in [-0.1, -0.05) is 5.92 Å². The number of rotatable bonds is 6. The van der Waals surface area contributed by atoms with Crippen LogP contribution in [0.25, 0.3) is 11.2 Å². The van der Waals surface area contributed by atoms with Gasteiger partial charge in [-0.2, -0.15) is 0 Å². The molecule has 8 heteroatoms. The maximum Gasteiger partial charge on any atom is 0.240 e. The molecule has 110 valence electrons. The van der Waals surface area contributed by atoms with E-state index < -0.39 is 6.04 Å². The standard InChI is InChI=1S/C13H16N6O2/c1-4-9(6-21-3)18-10(20)5-19(2)13-11-12(15-7-14-11)16-8-17-13/h1,7-9H,5-6H2,2-3H3,(H,18,20)(H,14,15,16,17)/t9-/m1/s1. The van der Waals surface area contributed by atoms with Crippen LogP contribution in [-0.4, -0.2) is 59.2 Å². The number of H-pyrrole nitrogens is 1. The number of hydrogen-bond acceptors (Lipinski definition) is 6. The van der Waals surface area contributed by atoms with E-state index in [0.29, 0.717) is 17.0 Å². The molecule has 0 bridgehead atoms. The van der Waals surface area contributed by atoms with Gasteiger partial charge < -0.3 is 19.9 Å². The van der Waals surface area contributed by atoms with Crippen molar-refractivity contribution in [2.45, 2.75) is 6.04 Å². The van der Waals surface area contributed by atoms with Crippen molar-refractivity contribution >= 4 is 22.9 Å². The van der Waals surface area contributed by atoms with Crippen molar-refractivity contribution in [1.82, 2.24) is 25.3 Å². The molecule has 1 amide bonds. The summed E-state index contributed by atoms with van der Waals surface area (Å²) in [6.45, 7) is 0.372. The van der Waals surface area contributed by atoms with Crippen LogP contribution in [0.1, 0.15) is 0 Å². The molecule has 8 nitrogen and oxygen atoms in total. The predicted octanol–water partition coefficient (Wildman–Crippen LogP) is -0.446. The van der Waals surface area contributed by atoms with E-state index in [1.807, 2.05) is 0 Å². The molecule has 0 fully saturated rings. The molecule has 0 unspecified atom stereocenters. The number of fused-ring (bicyclic) bond motifs is 1. The van der Waals surface area contributed by atoms with Crippen LogP contribution in [0.5, 0.6) is 0 Å². The van der Waals surface area contributed by atoms with Gasteiger partial charge in [0, 0.05) is 14.2 Å². The zero-order valence-electron chi connectivity index (χ0n) is 11.8. The van der Waals surface area contributed by atoms with Gasteiger partial charge in [-0.05, 0) is 0 Å². The third-order valence-corrected chi connectivity index (χ3v) is 2.82. The number of hydrogen-bond donors (Lipinski definition) is 2. The van der Waals surface area contributed by atoms with E-state index in [1.54, 1.807) is 11.9 Å². The van der Waals surface area contributed by atoms with Gasteiger partial charge in [-0.25, -0.2) is 15.0 Å². The van der Waals surface area contributed by atoms with E-state index in [1.165, 1.54) is 19.8 Å². The third kappa shape index (κ3) is 3.46. The van der Waals surface area contributed by atoms with Gasteiger partial charge in [0.1, 0.15) is 17.9 Å². The summed E-state index contributed by atoms with van der Waals surface area (Å²) in [5, 5.41) is 2.70. The fourth-order valence-electron chi connectivity index (χ4n) is 1.87. The summed E-state index contributed by atoms with van der Waals surface area (Å²) >= 11 is 0. The average molecular weight is 288 g/mol. The summed E-state index contributed by atoms with van der Waals surface area (Å²) in [5.41, 5.74) is 1.23. The first-order valence-electron chi connectivity index (χ1n) is 6.25. The Balaban J connectivity index is 2.04. The van der Waals surface area contributed by atoms with Gasteiger partial charge in [0.2, 0.25) is 5.91 Å². The van der Waals surface area contributed by atoms with E-state index in [0.717, 1.165) is 0 Å². The molecule has 0 aliphatic rings. The molecule has 1 atom stereocenters. The number of imidazole rings is 1. The Bertz CT molecular complexity index is 662. The quantitative estimate of drug-likeness (QED) is 0.699. The van der Waals surface area contributed by atoms with Crippen LogP contribution in [0, 0.1) is 12.3 Å². The van der Waals surface area contributed by atoms with E-state index in [4.69, 9.17) is 11.2 Å². The van der Waals surface area contributed by atoms with Gasteiger partial charge >= 0.3 is 0 Å². The monoisotopic (exact) mass is 288 g/mol. The van der Waals surface area contributed by atoms with Crippen LogP contribution >= 0.6 is 0 Å². The van der Waals surface area contributed by atoms with Gasteiger partial charge in [-0.3, -0.25) is 4.79 Å². The Morgan fingerprint density at radius 1 is 1.57 bits per heavy atom. The summed E-state index contributed by atoms with van der Waals surface area (Å²) < 4.78 is 4.93. The molecule has 0 saturated carbocycles. The molecule has 2 aromatic rings. The van der Waals surface area contributed by atoms with Gasteiger partial charge in [0.25, 0.3) is 0 Å². The zero-order chi connectivity index (χ0) is 15.2. The molecule has 0 spiro atoms. The molecule has 2 aromatic heterocycles. The van der Waals surface area contributed by atoms with Crippen molar-refractivity contribution in [1.29, 1.82) is 0 Å². The first kappa shape index (κ1) is 14.7. The number of carbonyl (C=O) groups is 1. The van der Waals surface area contributed by atoms with E-state index in [-0.39, 0.29) is 19.1 Å². The molecule has 0 saturated heterocycles. The second-order valence-electron chi connectivity index (χ2n) is 4.40. The predicted molar refractivity (Wildman–Crippen MR) is 77.6 cm³/mol. The van der Waals surface area contributed by atoms with Gasteiger partial charge in [0.05, 0.1) is 19.5 Å². The Kier molecular flexibility index (Phi) is 4.68. The Morgan fingerprint density at radius 2 is 2.38 bits per heavy atom. The van der Waals surface area contributed by atoms with E-state index in [9.17, 15) is 4.79 Å². The maximum absolute atomic E-state index is 12.0. The van der Waals surface area contributed by atoms with Crippen molar-refractivity contribution < 1.29 is 9.53 Å². The molecule has 2 heterocycles. The van der Waals surface area contributed by atoms with Crippen molar-refractivity contribution in [2.75, 3.05) is 32.2 Å². The summed E-state index contributed by atoms with van der Waals surface area (Å²) in [6.07, 6.45) is 8.25. The highest BCUT2D eigenvalue weighted by atomic mass is 16.5.